The van der Waals surface area contributed by atoms with Crippen LogP contribution in [0.1, 0.15) is 35.7 Å². The number of pyridine rings is 1. The predicted octanol–water partition coefficient (Wildman–Crippen LogP) is 3.48. The summed E-state index contributed by atoms with van der Waals surface area (Å²) in [7, 11) is 0. The summed E-state index contributed by atoms with van der Waals surface area (Å²) in [6.45, 7) is 3.48. The number of hydrogen-bond donors (Lipinski definition) is 0. The highest BCUT2D eigenvalue weighted by Crippen LogP contribution is 2.33. The first-order valence-corrected chi connectivity index (χ1v) is 8.58. The fourth-order valence-corrected chi connectivity index (χ4v) is 3.65. The van der Waals surface area contributed by atoms with E-state index in [2.05, 4.69) is 9.88 Å². The van der Waals surface area contributed by atoms with Crippen molar-refractivity contribution in [3.63, 3.8) is 0 Å². The molecule has 5 heteroatoms. The molecule has 1 aliphatic rings. The molecule has 128 valence electrons. The van der Waals surface area contributed by atoms with Crippen LogP contribution in [0.2, 0.25) is 0 Å². The van der Waals surface area contributed by atoms with Crippen LogP contribution in [0.25, 0.3) is 5.65 Å². The average Bonchev–Trinajstić information content (AvgIpc) is 3.04. The predicted molar refractivity (Wildman–Crippen MR) is 95.0 cm³/mol. The van der Waals surface area contributed by atoms with Gasteiger partial charge in [-0.2, -0.15) is 0 Å². The molecule has 25 heavy (non-hydrogen) atoms. The Morgan fingerprint density at radius 3 is 2.96 bits per heavy atom. The van der Waals surface area contributed by atoms with Gasteiger partial charge >= 0.3 is 0 Å². The summed E-state index contributed by atoms with van der Waals surface area (Å²) in [6, 6.07) is 12.4. The first kappa shape index (κ1) is 16.0. The Labute approximate surface area is 145 Å². The van der Waals surface area contributed by atoms with E-state index in [0.29, 0.717) is 12.2 Å². The Hall–Kier alpha value is -2.53. The Balaban J connectivity index is 1.64. The van der Waals surface area contributed by atoms with Crippen molar-refractivity contribution in [3.05, 3.63) is 81.7 Å². The van der Waals surface area contributed by atoms with E-state index >= 15 is 0 Å². The molecule has 0 saturated carbocycles. The monoisotopic (exact) mass is 337 g/mol. The molecule has 0 bridgehead atoms. The lowest BCUT2D eigenvalue weighted by Gasteiger charge is -2.24. The van der Waals surface area contributed by atoms with E-state index in [1.165, 1.54) is 6.07 Å². The maximum atomic E-state index is 13.6. The molecule has 1 unspecified atom stereocenters. The number of nitrogens with zero attached hydrogens (tertiary/aromatic N) is 3. The van der Waals surface area contributed by atoms with Crippen LogP contribution in [0.15, 0.2) is 53.5 Å². The van der Waals surface area contributed by atoms with Crippen molar-refractivity contribution < 1.29 is 4.39 Å². The number of hydrogen-bond acceptors (Lipinski definition) is 3. The van der Waals surface area contributed by atoms with Crippen molar-refractivity contribution in [2.75, 3.05) is 6.54 Å². The van der Waals surface area contributed by atoms with Gasteiger partial charge in [0.2, 0.25) is 0 Å². The molecule has 2 aromatic heterocycles. The minimum atomic E-state index is -0.207. The van der Waals surface area contributed by atoms with Crippen LogP contribution in [0.3, 0.4) is 0 Å². The summed E-state index contributed by atoms with van der Waals surface area (Å²) >= 11 is 0. The number of likely N-dealkylation sites (tertiary alicyclic amines) is 1. The fraction of sp³-hybridized carbons (Fsp3) is 0.300. The highest BCUT2D eigenvalue weighted by atomic mass is 19.1. The second-order valence-electron chi connectivity index (χ2n) is 6.70. The van der Waals surface area contributed by atoms with Crippen molar-refractivity contribution in [1.29, 1.82) is 0 Å². The summed E-state index contributed by atoms with van der Waals surface area (Å²) in [5.41, 5.74) is 3.37. The molecule has 0 aliphatic carbocycles. The van der Waals surface area contributed by atoms with Gasteiger partial charge in [0.05, 0.1) is 5.69 Å². The molecule has 0 spiro atoms. The van der Waals surface area contributed by atoms with E-state index in [0.717, 1.165) is 36.2 Å². The number of aromatic nitrogens is 2. The Bertz CT molecular complexity index is 982. The summed E-state index contributed by atoms with van der Waals surface area (Å²) in [5.74, 6) is -0.207. The average molecular weight is 337 g/mol. The molecule has 1 saturated heterocycles. The van der Waals surface area contributed by atoms with Crippen molar-refractivity contribution >= 4 is 5.65 Å². The van der Waals surface area contributed by atoms with Gasteiger partial charge in [0, 0.05) is 24.8 Å². The van der Waals surface area contributed by atoms with Crippen LogP contribution in [0.5, 0.6) is 0 Å². The Kier molecular flexibility index (Phi) is 4.09. The maximum Gasteiger partial charge on any atom is 0.258 e. The largest absolute Gasteiger partial charge is 0.291 e. The van der Waals surface area contributed by atoms with E-state index in [1.807, 2.05) is 25.1 Å². The quantitative estimate of drug-likeness (QED) is 0.734. The molecule has 3 heterocycles. The number of fused-ring (bicyclic) bond motifs is 1. The van der Waals surface area contributed by atoms with Crippen molar-refractivity contribution in [2.24, 2.45) is 0 Å². The van der Waals surface area contributed by atoms with Crippen LogP contribution < -0.4 is 5.56 Å². The minimum Gasteiger partial charge on any atom is -0.291 e. The molecule has 3 aromatic rings. The van der Waals surface area contributed by atoms with Gasteiger partial charge in [0.15, 0.2) is 0 Å². The van der Waals surface area contributed by atoms with Gasteiger partial charge in [-0.1, -0.05) is 18.2 Å². The summed E-state index contributed by atoms with van der Waals surface area (Å²) in [6.07, 6.45) is 3.86. The maximum absolute atomic E-state index is 13.6. The minimum absolute atomic E-state index is 0.0646. The molecule has 1 aliphatic heterocycles. The molecule has 0 amide bonds. The van der Waals surface area contributed by atoms with Crippen molar-refractivity contribution in [3.8, 4) is 0 Å². The van der Waals surface area contributed by atoms with E-state index in [1.54, 1.807) is 28.8 Å². The molecule has 1 atom stereocenters. The van der Waals surface area contributed by atoms with Crippen LogP contribution in [0, 0.1) is 12.7 Å². The molecule has 4 rings (SSSR count). The standard InChI is InChI=1S/C20H20FN3O/c1-14-7-8-19-22-17(11-20(25)24(19)12-14)13-23-9-3-6-18(23)15-4-2-5-16(21)10-15/h2,4-5,7-8,10-12,18H,3,6,9,13H2,1H3. The fourth-order valence-electron chi connectivity index (χ4n) is 3.65. The molecule has 1 fully saturated rings. The Morgan fingerprint density at radius 1 is 1.24 bits per heavy atom. The first-order chi connectivity index (χ1) is 12.1. The van der Waals surface area contributed by atoms with Crippen LogP contribution >= 0.6 is 0 Å². The number of rotatable bonds is 3. The molecular formula is C20H20FN3O. The zero-order chi connectivity index (χ0) is 17.4. The molecule has 0 radical (unpaired) electrons. The molecule has 1 aromatic carbocycles. The zero-order valence-corrected chi connectivity index (χ0v) is 14.2. The number of benzene rings is 1. The van der Waals surface area contributed by atoms with E-state index in [-0.39, 0.29) is 17.4 Å². The Morgan fingerprint density at radius 2 is 2.12 bits per heavy atom. The molecular weight excluding hydrogens is 317 g/mol. The first-order valence-electron chi connectivity index (χ1n) is 8.58. The van der Waals surface area contributed by atoms with Crippen LogP contribution in [-0.2, 0) is 6.54 Å². The lowest BCUT2D eigenvalue weighted by Crippen LogP contribution is -2.25. The third-order valence-electron chi connectivity index (χ3n) is 4.82. The van der Waals surface area contributed by atoms with Crippen LogP contribution in [-0.4, -0.2) is 20.8 Å². The second-order valence-corrected chi connectivity index (χ2v) is 6.70. The number of halogens is 1. The smallest absolute Gasteiger partial charge is 0.258 e. The summed E-state index contributed by atoms with van der Waals surface area (Å²) < 4.78 is 15.1. The van der Waals surface area contributed by atoms with Crippen molar-refractivity contribution in [2.45, 2.75) is 32.4 Å². The molecule has 4 nitrogen and oxygen atoms in total. The van der Waals surface area contributed by atoms with Gasteiger partial charge in [-0.05, 0) is 55.6 Å². The van der Waals surface area contributed by atoms with Gasteiger partial charge in [-0.15, -0.1) is 0 Å². The van der Waals surface area contributed by atoms with Crippen LogP contribution in [0.4, 0.5) is 4.39 Å². The molecule has 0 N–H and O–H groups in total. The van der Waals surface area contributed by atoms with Gasteiger partial charge in [0.25, 0.3) is 5.56 Å². The van der Waals surface area contributed by atoms with Gasteiger partial charge in [-0.25, -0.2) is 9.37 Å². The lowest BCUT2D eigenvalue weighted by molar-refractivity contribution is 0.245. The second kappa shape index (κ2) is 6.41. The number of aryl methyl sites for hydroxylation is 1. The third kappa shape index (κ3) is 3.20. The zero-order valence-electron chi connectivity index (χ0n) is 14.2. The van der Waals surface area contributed by atoms with E-state index in [4.69, 9.17) is 0 Å². The van der Waals surface area contributed by atoms with E-state index in [9.17, 15) is 9.18 Å². The topological polar surface area (TPSA) is 37.6 Å². The van der Waals surface area contributed by atoms with Gasteiger partial charge in [0.1, 0.15) is 11.5 Å². The summed E-state index contributed by atoms with van der Waals surface area (Å²) in [5, 5.41) is 0. The highest BCUT2D eigenvalue weighted by Gasteiger charge is 2.26. The van der Waals surface area contributed by atoms with Gasteiger partial charge < -0.3 is 0 Å². The van der Waals surface area contributed by atoms with Gasteiger partial charge in [-0.3, -0.25) is 14.1 Å². The van der Waals surface area contributed by atoms with Crippen molar-refractivity contribution in [1.82, 2.24) is 14.3 Å². The SMILES string of the molecule is Cc1ccc2nc(CN3CCCC3c3cccc(F)c3)cc(=O)n2c1. The van der Waals surface area contributed by atoms with E-state index < -0.39 is 0 Å². The summed E-state index contributed by atoms with van der Waals surface area (Å²) in [4.78, 5) is 19.3. The normalized spacial score (nSPS) is 18.1. The third-order valence-corrected chi connectivity index (χ3v) is 4.82. The lowest BCUT2D eigenvalue weighted by atomic mass is 10.0. The highest BCUT2D eigenvalue weighted by molar-refractivity contribution is 5.40.